The van der Waals surface area contributed by atoms with Crippen molar-refractivity contribution < 1.29 is 4.79 Å². The van der Waals surface area contributed by atoms with Crippen molar-refractivity contribution in [2.75, 3.05) is 5.73 Å². The zero-order valence-electron chi connectivity index (χ0n) is 12.2. The van der Waals surface area contributed by atoms with Crippen LogP contribution in [0.5, 0.6) is 0 Å². The lowest BCUT2D eigenvalue weighted by atomic mass is 10.0. The van der Waals surface area contributed by atoms with Crippen molar-refractivity contribution in [1.82, 2.24) is 19.6 Å². The lowest BCUT2D eigenvalue weighted by Crippen LogP contribution is -2.02. The third-order valence-electron chi connectivity index (χ3n) is 3.31. The molecule has 0 aliphatic rings. The molecule has 0 aliphatic heterocycles. The molecule has 0 saturated heterocycles. The monoisotopic (exact) mass is 291 g/mol. The van der Waals surface area contributed by atoms with E-state index >= 15 is 0 Å². The Morgan fingerprint density at radius 1 is 1.23 bits per heavy atom. The summed E-state index contributed by atoms with van der Waals surface area (Å²) in [6.45, 7) is 3.48. The van der Waals surface area contributed by atoms with E-state index in [4.69, 9.17) is 5.73 Å². The van der Waals surface area contributed by atoms with Gasteiger partial charge in [-0.15, -0.1) is 0 Å². The molecule has 1 aromatic carbocycles. The Kier molecular flexibility index (Phi) is 3.31. The van der Waals surface area contributed by atoms with Crippen molar-refractivity contribution >= 4 is 17.4 Å². The van der Waals surface area contributed by atoms with E-state index in [1.54, 1.807) is 18.3 Å². The number of nitrogen functional groups attached to an aromatic ring is 1. The molecule has 2 N–H and O–H groups in total. The normalized spacial score (nSPS) is 10.3. The average molecular weight is 291 g/mol. The highest BCUT2D eigenvalue weighted by Gasteiger charge is 2.06. The Labute approximate surface area is 127 Å². The highest BCUT2D eigenvalue weighted by molar-refractivity contribution is 5.94. The van der Waals surface area contributed by atoms with Gasteiger partial charge in [-0.25, -0.2) is 9.97 Å². The number of aryl methyl sites for hydroxylation is 1. The maximum atomic E-state index is 11.5. The van der Waals surface area contributed by atoms with E-state index in [1.807, 2.05) is 13.0 Å². The number of benzene rings is 1. The largest absolute Gasteiger partial charge is 0.368 e. The van der Waals surface area contributed by atoms with Gasteiger partial charge in [-0.2, -0.15) is 9.61 Å². The maximum absolute atomic E-state index is 11.5. The lowest BCUT2D eigenvalue weighted by Gasteiger charge is -2.00. The summed E-state index contributed by atoms with van der Waals surface area (Å²) in [4.78, 5) is 19.5. The fourth-order valence-electron chi connectivity index (χ4n) is 2.03. The number of anilines is 1. The van der Waals surface area contributed by atoms with Gasteiger partial charge >= 0.3 is 0 Å². The second-order valence-electron chi connectivity index (χ2n) is 4.86. The van der Waals surface area contributed by atoms with Gasteiger partial charge in [0.25, 0.3) is 0 Å². The highest BCUT2D eigenvalue weighted by Crippen LogP contribution is 2.12. The van der Waals surface area contributed by atoms with E-state index in [-0.39, 0.29) is 11.7 Å². The number of carbonyl (C=O) groups excluding carboxylic acids is 1. The predicted molar refractivity (Wildman–Crippen MR) is 82.4 cm³/mol. The smallest absolute Gasteiger partial charge is 0.224 e. The summed E-state index contributed by atoms with van der Waals surface area (Å²) in [6.07, 6.45) is 2.97. The van der Waals surface area contributed by atoms with Crippen LogP contribution in [0.3, 0.4) is 0 Å². The first-order valence-electron chi connectivity index (χ1n) is 6.64. The molecule has 3 rings (SSSR count). The van der Waals surface area contributed by atoms with Crippen LogP contribution in [-0.2, 0) is 0 Å². The Bertz CT molecular complexity index is 946. The summed E-state index contributed by atoms with van der Waals surface area (Å²) in [5.41, 5.74) is 9.37. The number of hydrogen-bond donors (Lipinski definition) is 1. The summed E-state index contributed by atoms with van der Waals surface area (Å²) in [7, 11) is 0. The van der Waals surface area contributed by atoms with E-state index in [0.29, 0.717) is 16.8 Å². The predicted octanol–water partition coefficient (Wildman–Crippen LogP) is 1.62. The minimum atomic E-state index is 0.0135. The van der Waals surface area contributed by atoms with Gasteiger partial charge in [-0.3, -0.25) is 4.79 Å². The van der Waals surface area contributed by atoms with E-state index in [1.165, 1.54) is 17.8 Å². The van der Waals surface area contributed by atoms with Crippen molar-refractivity contribution in [3.8, 4) is 11.8 Å². The first-order chi connectivity index (χ1) is 10.6. The van der Waals surface area contributed by atoms with Gasteiger partial charge in [-0.1, -0.05) is 24.0 Å². The minimum Gasteiger partial charge on any atom is -0.368 e. The third kappa shape index (κ3) is 2.40. The Morgan fingerprint density at radius 2 is 2.00 bits per heavy atom. The van der Waals surface area contributed by atoms with Gasteiger partial charge in [0.1, 0.15) is 6.33 Å². The second-order valence-corrected chi connectivity index (χ2v) is 4.86. The molecule has 108 valence electrons. The maximum Gasteiger partial charge on any atom is 0.224 e. The molecule has 6 heteroatoms. The second kappa shape index (κ2) is 5.30. The van der Waals surface area contributed by atoms with Crippen molar-refractivity contribution in [1.29, 1.82) is 0 Å². The standard InChI is InChI=1S/C16H13N5O/c1-10-3-4-13(11(2)22)7-12(10)5-6-14-8-20-21-15(14)18-9-19-16(21)17/h3-4,7-9H,1-2H3,(H2,17,18,19). The van der Waals surface area contributed by atoms with Crippen molar-refractivity contribution in [2.45, 2.75) is 13.8 Å². The summed E-state index contributed by atoms with van der Waals surface area (Å²) in [6, 6.07) is 5.48. The van der Waals surface area contributed by atoms with Crippen LogP contribution in [0.2, 0.25) is 0 Å². The molecular formula is C16H13N5O. The van der Waals surface area contributed by atoms with Crippen molar-refractivity contribution in [2.24, 2.45) is 0 Å². The molecule has 0 atom stereocenters. The quantitative estimate of drug-likeness (QED) is 0.544. The molecule has 0 bridgehead atoms. The molecule has 0 spiro atoms. The molecule has 0 fully saturated rings. The fourth-order valence-corrected chi connectivity index (χ4v) is 2.03. The Balaban J connectivity index is 2.07. The van der Waals surface area contributed by atoms with Crippen molar-refractivity contribution in [3.05, 3.63) is 53.0 Å². The lowest BCUT2D eigenvalue weighted by molar-refractivity contribution is 0.101. The van der Waals surface area contributed by atoms with Gasteiger partial charge in [-0.05, 0) is 25.5 Å². The number of aromatic nitrogens is 4. The number of hydrogen-bond acceptors (Lipinski definition) is 5. The van der Waals surface area contributed by atoms with Gasteiger partial charge in [0.05, 0.1) is 11.8 Å². The van der Waals surface area contributed by atoms with Crippen LogP contribution in [0.1, 0.15) is 34.0 Å². The van der Waals surface area contributed by atoms with Gasteiger partial charge in [0, 0.05) is 11.1 Å². The van der Waals surface area contributed by atoms with Crippen LogP contribution in [0.15, 0.2) is 30.7 Å². The molecule has 22 heavy (non-hydrogen) atoms. The molecular weight excluding hydrogens is 278 g/mol. The van der Waals surface area contributed by atoms with Crippen LogP contribution < -0.4 is 5.73 Å². The molecule has 0 radical (unpaired) electrons. The summed E-state index contributed by atoms with van der Waals surface area (Å²) in [5.74, 6) is 6.36. The van der Waals surface area contributed by atoms with E-state index in [9.17, 15) is 4.79 Å². The number of rotatable bonds is 1. The zero-order valence-corrected chi connectivity index (χ0v) is 12.2. The molecule has 0 unspecified atom stereocenters. The van der Waals surface area contributed by atoms with Crippen LogP contribution in [0.25, 0.3) is 5.65 Å². The number of nitrogens with two attached hydrogens (primary N) is 1. The topological polar surface area (TPSA) is 86.2 Å². The highest BCUT2D eigenvalue weighted by atomic mass is 16.1. The third-order valence-corrected chi connectivity index (χ3v) is 3.31. The molecule has 3 aromatic rings. The number of Topliss-reactive ketones (excluding diaryl/α,β-unsaturated/α-hetero) is 1. The average Bonchev–Trinajstić information content (AvgIpc) is 2.91. The first-order valence-corrected chi connectivity index (χ1v) is 6.64. The molecule has 2 aromatic heterocycles. The number of ketones is 1. The van der Waals surface area contributed by atoms with Gasteiger partial charge < -0.3 is 5.73 Å². The number of fused-ring (bicyclic) bond motifs is 1. The van der Waals surface area contributed by atoms with Crippen LogP contribution in [-0.4, -0.2) is 25.4 Å². The Morgan fingerprint density at radius 3 is 2.77 bits per heavy atom. The molecule has 6 nitrogen and oxygen atoms in total. The number of nitrogens with zero attached hydrogens (tertiary/aromatic N) is 4. The molecule has 0 saturated carbocycles. The molecule has 0 amide bonds. The van der Waals surface area contributed by atoms with E-state index in [2.05, 4.69) is 26.9 Å². The first kappa shape index (κ1) is 13.8. The molecule has 2 heterocycles. The summed E-state index contributed by atoms with van der Waals surface area (Å²) < 4.78 is 1.43. The van der Waals surface area contributed by atoms with E-state index in [0.717, 1.165) is 11.1 Å². The van der Waals surface area contributed by atoms with Gasteiger partial charge in [0.15, 0.2) is 11.4 Å². The van der Waals surface area contributed by atoms with E-state index < -0.39 is 0 Å². The van der Waals surface area contributed by atoms with Crippen LogP contribution >= 0.6 is 0 Å². The van der Waals surface area contributed by atoms with Gasteiger partial charge in [0.2, 0.25) is 5.95 Å². The zero-order chi connectivity index (χ0) is 15.7. The SMILES string of the molecule is CC(=O)c1ccc(C)c(C#Cc2cnn3c(N)ncnc23)c1. The fraction of sp³-hybridized carbons (Fsp3) is 0.125. The van der Waals surface area contributed by atoms with Crippen LogP contribution in [0, 0.1) is 18.8 Å². The van der Waals surface area contributed by atoms with Crippen molar-refractivity contribution in [3.63, 3.8) is 0 Å². The number of carbonyl (C=O) groups is 1. The Hall–Kier alpha value is -3.20. The summed E-state index contributed by atoms with van der Waals surface area (Å²) in [5, 5.41) is 4.11. The minimum absolute atomic E-state index is 0.0135. The van der Waals surface area contributed by atoms with Crippen LogP contribution in [0.4, 0.5) is 5.95 Å². The summed E-state index contributed by atoms with van der Waals surface area (Å²) >= 11 is 0. The molecule has 0 aliphatic carbocycles.